The third kappa shape index (κ3) is 3.10. The van der Waals surface area contributed by atoms with Crippen molar-refractivity contribution in [2.45, 2.75) is 19.9 Å². The summed E-state index contributed by atoms with van der Waals surface area (Å²) in [6, 6.07) is 13.6. The van der Waals surface area contributed by atoms with Gasteiger partial charge in [0.25, 0.3) is 0 Å². The largest absolute Gasteiger partial charge is 0.478 e. The maximum Gasteiger partial charge on any atom is 0.215 e. The SMILES string of the molecule is CCOc1ccc2nc([C@H](C)Nc3ncnc4nc[nH]c34)n(-c3ccccc3)c2n1. The fourth-order valence-corrected chi connectivity index (χ4v) is 3.45. The van der Waals surface area contributed by atoms with Crippen molar-refractivity contribution in [3.8, 4) is 11.6 Å². The van der Waals surface area contributed by atoms with Crippen molar-refractivity contribution in [1.29, 1.82) is 0 Å². The van der Waals surface area contributed by atoms with Gasteiger partial charge in [-0.05, 0) is 32.0 Å². The first-order valence-electron chi connectivity index (χ1n) is 9.73. The predicted molar refractivity (Wildman–Crippen MR) is 114 cm³/mol. The lowest BCUT2D eigenvalue weighted by Gasteiger charge is -2.16. The molecular weight excluding hydrogens is 380 g/mol. The number of hydrogen-bond acceptors (Lipinski definition) is 7. The molecule has 4 heterocycles. The molecule has 9 heteroatoms. The predicted octanol–water partition coefficient (Wildman–Crippen LogP) is 3.66. The van der Waals surface area contributed by atoms with E-state index in [1.165, 1.54) is 6.33 Å². The highest BCUT2D eigenvalue weighted by Crippen LogP contribution is 2.28. The number of rotatable bonds is 6. The topological polar surface area (TPSA) is 106 Å². The van der Waals surface area contributed by atoms with Crippen molar-refractivity contribution in [3.05, 3.63) is 60.9 Å². The van der Waals surface area contributed by atoms with Crippen molar-refractivity contribution >= 4 is 28.1 Å². The molecule has 5 aromatic rings. The smallest absolute Gasteiger partial charge is 0.215 e. The van der Waals surface area contributed by atoms with Crippen LogP contribution in [0.15, 0.2) is 55.1 Å². The number of H-pyrrole nitrogens is 1. The first kappa shape index (κ1) is 18.0. The van der Waals surface area contributed by atoms with Crippen molar-refractivity contribution in [2.75, 3.05) is 11.9 Å². The third-order valence-corrected chi connectivity index (χ3v) is 4.78. The molecule has 0 saturated carbocycles. The van der Waals surface area contributed by atoms with E-state index in [-0.39, 0.29) is 6.04 Å². The first-order valence-corrected chi connectivity index (χ1v) is 9.73. The lowest BCUT2D eigenvalue weighted by Crippen LogP contribution is -2.14. The van der Waals surface area contributed by atoms with Crippen molar-refractivity contribution in [1.82, 2.24) is 34.5 Å². The van der Waals surface area contributed by atoms with Gasteiger partial charge in [-0.3, -0.25) is 4.57 Å². The Morgan fingerprint density at radius 3 is 2.77 bits per heavy atom. The van der Waals surface area contributed by atoms with Crippen LogP contribution >= 0.6 is 0 Å². The third-order valence-electron chi connectivity index (χ3n) is 4.78. The van der Waals surface area contributed by atoms with Crippen LogP contribution in [0.2, 0.25) is 0 Å². The van der Waals surface area contributed by atoms with E-state index < -0.39 is 0 Å². The van der Waals surface area contributed by atoms with Gasteiger partial charge in [0.1, 0.15) is 23.2 Å². The molecule has 0 radical (unpaired) electrons. The summed E-state index contributed by atoms with van der Waals surface area (Å²) in [4.78, 5) is 25.4. The summed E-state index contributed by atoms with van der Waals surface area (Å²) in [6.07, 6.45) is 3.10. The summed E-state index contributed by atoms with van der Waals surface area (Å²) in [5, 5.41) is 3.43. The van der Waals surface area contributed by atoms with E-state index in [1.807, 2.05) is 60.9 Å². The van der Waals surface area contributed by atoms with Gasteiger partial charge in [-0.1, -0.05) is 18.2 Å². The van der Waals surface area contributed by atoms with E-state index >= 15 is 0 Å². The Morgan fingerprint density at radius 1 is 1.07 bits per heavy atom. The molecule has 0 saturated heterocycles. The molecule has 1 atom stereocenters. The van der Waals surface area contributed by atoms with Crippen LogP contribution in [0.25, 0.3) is 28.0 Å². The minimum absolute atomic E-state index is 0.170. The fourth-order valence-electron chi connectivity index (χ4n) is 3.45. The lowest BCUT2D eigenvalue weighted by molar-refractivity contribution is 0.328. The summed E-state index contributed by atoms with van der Waals surface area (Å²) >= 11 is 0. The van der Waals surface area contributed by atoms with Crippen molar-refractivity contribution in [3.63, 3.8) is 0 Å². The molecule has 4 aromatic heterocycles. The summed E-state index contributed by atoms with van der Waals surface area (Å²) < 4.78 is 7.66. The average Bonchev–Trinajstić information content (AvgIpc) is 3.40. The maximum atomic E-state index is 5.61. The molecule has 2 N–H and O–H groups in total. The van der Waals surface area contributed by atoms with Crippen LogP contribution in [-0.4, -0.2) is 41.1 Å². The molecular formula is C21H20N8O. The number of nitrogens with zero attached hydrogens (tertiary/aromatic N) is 6. The highest BCUT2D eigenvalue weighted by molar-refractivity contribution is 5.82. The van der Waals surface area contributed by atoms with E-state index in [0.717, 1.165) is 28.2 Å². The minimum atomic E-state index is -0.170. The van der Waals surface area contributed by atoms with Crippen molar-refractivity contribution in [2.24, 2.45) is 0 Å². The summed E-state index contributed by atoms with van der Waals surface area (Å²) in [6.45, 7) is 4.53. The second-order valence-electron chi connectivity index (χ2n) is 6.76. The monoisotopic (exact) mass is 400 g/mol. The van der Waals surface area contributed by atoms with E-state index in [4.69, 9.17) is 14.7 Å². The number of pyridine rings is 1. The number of fused-ring (bicyclic) bond motifs is 2. The average molecular weight is 400 g/mol. The van der Waals surface area contributed by atoms with Gasteiger partial charge >= 0.3 is 0 Å². The second kappa shape index (κ2) is 7.43. The molecule has 0 spiro atoms. The van der Waals surface area contributed by atoms with E-state index in [0.29, 0.717) is 24.0 Å². The van der Waals surface area contributed by atoms with Crippen LogP contribution in [-0.2, 0) is 0 Å². The fraction of sp³-hybridized carbons (Fsp3) is 0.190. The summed E-state index contributed by atoms with van der Waals surface area (Å²) in [5.74, 6) is 2.05. The Kier molecular flexibility index (Phi) is 4.47. The normalized spacial score (nSPS) is 12.3. The first-order chi connectivity index (χ1) is 14.7. The molecule has 30 heavy (non-hydrogen) atoms. The van der Waals surface area contributed by atoms with Gasteiger partial charge in [0.15, 0.2) is 17.1 Å². The molecule has 0 amide bonds. The minimum Gasteiger partial charge on any atom is -0.478 e. The van der Waals surface area contributed by atoms with Gasteiger partial charge in [0, 0.05) is 11.8 Å². The van der Waals surface area contributed by atoms with Crippen LogP contribution in [0, 0.1) is 0 Å². The van der Waals surface area contributed by atoms with Gasteiger partial charge in [-0.2, -0.15) is 4.98 Å². The number of ether oxygens (including phenoxy) is 1. The molecule has 0 fully saturated rings. The molecule has 5 rings (SSSR count). The Morgan fingerprint density at radius 2 is 1.93 bits per heavy atom. The highest BCUT2D eigenvalue weighted by Gasteiger charge is 2.21. The summed E-state index contributed by atoms with van der Waals surface area (Å²) in [7, 11) is 0. The molecule has 150 valence electrons. The van der Waals surface area contributed by atoms with Gasteiger partial charge in [-0.25, -0.2) is 19.9 Å². The van der Waals surface area contributed by atoms with Crippen molar-refractivity contribution < 1.29 is 4.74 Å². The standard InChI is InChI=1S/C21H20N8O/c1-3-30-16-10-9-15-21(28-16)29(14-7-5-4-6-8-14)20(27-15)13(2)26-19-17-18(23-11-22-17)24-12-25-19/h4-13H,3H2,1-2H3,(H2,22,23,24,25,26)/t13-/m0/s1. The molecule has 0 aliphatic heterocycles. The molecule has 0 bridgehead atoms. The molecule has 0 unspecified atom stereocenters. The lowest BCUT2D eigenvalue weighted by atomic mass is 10.2. The quantitative estimate of drug-likeness (QED) is 0.448. The number of hydrogen-bond donors (Lipinski definition) is 2. The second-order valence-corrected chi connectivity index (χ2v) is 6.76. The molecule has 0 aliphatic rings. The van der Waals surface area contributed by atoms with Crippen LogP contribution < -0.4 is 10.1 Å². The van der Waals surface area contributed by atoms with Gasteiger partial charge in [0.2, 0.25) is 5.88 Å². The van der Waals surface area contributed by atoms with E-state index in [1.54, 1.807) is 6.33 Å². The Hall–Kier alpha value is -4.01. The van der Waals surface area contributed by atoms with Gasteiger partial charge in [0.05, 0.1) is 19.0 Å². The Labute approximate surface area is 172 Å². The maximum absolute atomic E-state index is 5.61. The van der Waals surface area contributed by atoms with E-state index in [2.05, 4.69) is 25.3 Å². The molecule has 0 aliphatic carbocycles. The highest BCUT2D eigenvalue weighted by atomic mass is 16.5. The number of imidazole rings is 2. The zero-order valence-electron chi connectivity index (χ0n) is 16.6. The Balaban J connectivity index is 1.63. The van der Waals surface area contributed by atoms with Crippen LogP contribution in [0.4, 0.5) is 5.82 Å². The Bertz CT molecular complexity index is 1310. The van der Waals surface area contributed by atoms with Crippen LogP contribution in [0.3, 0.4) is 0 Å². The van der Waals surface area contributed by atoms with Gasteiger partial charge in [-0.15, -0.1) is 0 Å². The number of para-hydroxylation sites is 1. The number of anilines is 1. The summed E-state index contributed by atoms with van der Waals surface area (Å²) in [5.41, 5.74) is 3.87. The molecule has 1 aromatic carbocycles. The van der Waals surface area contributed by atoms with Crippen LogP contribution in [0.5, 0.6) is 5.88 Å². The zero-order chi connectivity index (χ0) is 20.5. The number of aromatic amines is 1. The number of aromatic nitrogens is 7. The zero-order valence-corrected chi connectivity index (χ0v) is 16.6. The van der Waals surface area contributed by atoms with Gasteiger partial charge < -0.3 is 15.0 Å². The van der Waals surface area contributed by atoms with E-state index in [9.17, 15) is 0 Å². The van der Waals surface area contributed by atoms with Crippen LogP contribution in [0.1, 0.15) is 25.7 Å². The molecule has 9 nitrogen and oxygen atoms in total. The number of benzene rings is 1. The number of nitrogens with one attached hydrogen (secondary N) is 2.